The number of carbonyl (C=O) groups is 2. The fraction of sp³-hybridized carbons (Fsp3) is 0.316. The summed E-state index contributed by atoms with van der Waals surface area (Å²) >= 11 is 3.37. The number of esters is 1. The Morgan fingerprint density at radius 1 is 1.31 bits per heavy atom. The summed E-state index contributed by atoms with van der Waals surface area (Å²) in [7, 11) is 0. The summed E-state index contributed by atoms with van der Waals surface area (Å²) in [5.74, 6) is -0.305. The number of carbonyl (C=O) groups excluding carboxylic acids is 2. The van der Waals surface area contributed by atoms with Gasteiger partial charge in [-0.15, -0.1) is 0 Å². The minimum Gasteiger partial charge on any atom is -0.452 e. The summed E-state index contributed by atoms with van der Waals surface area (Å²) in [4.78, 5) is 23.8. The van der Waals surface area contributed by atoms with Crippen LogP contribution < -0.4 is 5.32 Å². The van der Waals surface area contributed by atoms with Crippen molar-refractivity contribution in [2.45, 2.75) is 31.7 Å². The molecule has 7 heteroatoms. The molecule has 1 aromatic carbocycles. The van der Waals surface area contributed by atoms with Gasteiger partial charge in [-0.2, -0.15) is 5.10 Å². The molecule has 6 nitrogen and oxygen atoms in total. The highest BCUT2D eigenvalue weighted by Crippen LogP contribution is 2.31. The van der Waals surface area contributed by atoms with Crippen molar-refractivity contribution >= 4 is 39.7 Å². The number of benzene rings is 1. The van der Waals surface area contributed by atoms with E-state index >= 15 is 0 Å². The van der Waals surface area contributed by atoms with E-state index in [9.17, 15) is 9.59 Å². The third kappa shape index (κ3) is 5.05. The van der Waals surface area contributed by atoms with Crippen LogP contribution in [0.5, 0.6) is 0 Å². The van der Waals surface area contributed by atoms with Crippen LogP contribution >= 0.6 is 15.9 Å². The zero-order valence-corrected chi connectivity index (χ0v) is 15.8. The molecule has 0 aliphatic heterocycles. The standard InChI is InChI=1S/C19H20BrN3O3/c20-15-5-3-4-14(12-15)8-9-19(25)26-13-18(24)22-17-10-11-21-23(17)16-6-1-2-7-16/h3-5,8-12,16H,1-2,6-7,13H2,(H,22,24)/b9-8+. The SMILES string of the molecule is O=C(COC(=O)/C=C/c1cccc(Br)c1)Nc1ccnn1C1CCCC1. The molecule has 1 N–H and O–H groups in total. The lowest BCUT2D eigenvalue weighted by molar-refractivity contribution is -0.142. The molecule has 136 valence electrons. The van der Waals surface area contributed by atoms with Crippen LogP contribution in [0.1, 0.15) is 37.3 Å². The number of ether oxygens (including phenoxy) is 1. The predicted molar refractivity (Wildman–Crippen MR) is 102 cm³/mol. The van der Waals surface area contributed by atoms with Crippen LogP contribution in [0.25, 0.3) is 6.08 Å². The van der Waals surface area contributed by atoms with Gasteiger partial charge in [0.05, 0.1) is 12.2 Å². The Kier molecular flexibility index (Phi) is 6.22. The van der Waals surface area contributed by atoms with Gasteiger partial charge >= 0.3 is 5.97 Å². The average molecular weight is 418 g/mol. The van der Waals surface area contributed by atoms with Crippen LogP contribution in [0.3, 0.4) is 0 Å². The summed E-state index contributed by atoms with van der Waals surface area (Å²) in [5.41, 5.74) is 0.862. The van der Waals surface area contributed by atoms with E-state index < -0.39 is 5.97 Å². The predicted octanol–water partition coefficient (Wildman–Crippen LogP) is 3.96. The Labute approximate surface area is 160 Å². The molecular weight excluding hydrogens is 398 g/mol. The number of nitrogens with zero attached hydrogens (tertiary/aromatic N) is 2. The molecule has 0 unspecified atom stereocenters. The molecule has 1 aromatic heterocycles. The molecule has 0 atom stereocenters. The zero-order valence-electron chi connectivity index (χ0n) is 14.2. The lowest BCUT2D eigenvalue weighted by atomic mass is 10.2. The Morgan fingerprint density at radius 3 is 2.88 bits per heavy atom. The summed E-state index contributed by atoms with van der Waals surface area (Å²) < 4.78 is 7.76. The van der Waals surface area contributed by atoms with Gasteiger partial charge in [-0.1, -0.05) is 40.9 Å². The van der Waals surface area contributed by atoms with Crippen molar-refractivity contribution in [1.82, 2.24) is 9.78 Å². The highest BCUT2D eigenvalue weighted by molar-refractivity contribution is 9.10. The number of aromatic nitrogens is 2. The van der Waals surface area contributed by atoms with Crippen LogP contribution in [-0.4, -0.2) is 28.3 Å². The highest BCUT2D eigenvalue weighted by Gasteiger charge is 2.20. The first-order valence-electron chi connectivity index (χ1n) is 8.55. The quantitative estimate of drug-likeness (QED) is 0.570. The number of rotatable bonds is 6. The van der Waals surface area contributed by atoms with Gasteiger partial charge in [-0.25, -0.2) is 9.48 Å². The summed E-state index contributed by atoms with van der Waals surface area (Å²) in [6.45, 7) is -0.336. The second-order valence-electron chi connectivity index (χ2n) is 6.14. The largest absolute Gasteiger partial charge is 0.452 e. The molecule has 3 rings (SSSR count). The molecule has 26 heavy (non-hydrogen) atoms. The van der Waals surface area contributed by atoms with E-state index in [-0.39, 0.29) is 12.5 Å². The molecule has 0 spiro atoms. The number of amides is 1. The van der Waals surface area contributed by atoms with Crippen LogP contribution in [0.4, 0.5) is 5.82 Å². The van der Waals surface area contributed by atoms with Crippen molar-refractivity contribution in [3.05, 3.63) is 52.6 Å². The van der Waals surface area contributed by atoms with Gasteiger partial charge in [0.15, 0.2) is 6.61 Å². The van der Waals surface area contributed by atoms with E-state index in [0.29, 0.717) is 11.9 Å². The van der Waals surface area contributed by atoms with Crippen molar-refractivity contribution in [1.29, 1.82) is 0 Å². The molecule has 2 aromatic rings. The smallest absolute Gasteiger partial charge is 0.331 e. The van der Waals surface area contributed by atoms with Crippen molar-refractivity contribution in [3.8, 4) is 0 Å². The van der Waals surface area contributed by atoms with E-state index in [1.54, 1.807) is 18.3 Å². The van der Waals surface area contributed by atoms with Crippen molar-refractivity contribution in [3.63, 3.8) is 0 Å². The van der Waals surface area contributed by atoms with Gasteiger partial charge in [0.1, 0.15) is 5.82 Å². The normalized spacial score (nSPS) is 14.7. The maximum absolute atomic E-state index is 12.0. The molecule has 0 saturated heterocycles. The van der Waals surface area contributed by atoms with Gasteiger partial charge in [0, 0.05) is 16.6 Å². The number of hydrogen-bond donors (Lipinski definition) is 1. The minimum absolute atomic E-state index is 0.330. The monoisotopic (exact) mass is 417 g/mol. The van der Waals surface area contributed by atoms with Crippen molar-refractivity contribution in [2.24, 2.45) is 0 Å². The van der Waals surface area contributed by atoms with E-state index in [0.717, 1.165) is 22.9 Å². The van der Waals surface area contributed by atoms with Gasteiger partial charge in [-0.3, -0.25) is 4.79 Å². The molecule has 1 heterocycles. The Hall–Kier alpha value is -2.41. The summed E-state index contributed by atoms with van der Waals surface area (Å²) in [5, 5.41) is 7.05. The second-order valence-corrected chi connectivity index (χ2v) is 7.06. The third-order valence-corrected chi connectivity index (χ3v) is 4.71. The maximum atomic E-state index is 12.0. The fourth-order valence-electron chi connectivity index (χ4n) is 2.99. The molecule has 1 fully saturated rings. The second kappa shape index (κ2) is 8.80. The van der Waals surface area contributed by atoms with E-state index in [1.807, 2.05) is 28.9 Å². The lowest BCUT2D eigenvalue weighted by Crippen LogP contribution is -2.22. The molecular formula is C19H20BrN3O3. The number of anilines is 1. The maximum Gasteiger partial charge on any atom is 0.331 e. The third-order valence-electron chi connectivity index (χ3n) is 4.21. The first-order valence-corrected chi connectivity index (χ1v) is 9.35. The Bertz CT molecular complexity index is 810. The van der Waals surface area contributed by atoms with Crippen molar-refractivity contribution < 1.29 is 14.3 Å². The van der Waals surface area contributed by atoms with Crippen LogP contribution in [0.2, 0.25) is 0 Å². The molecule has 0 radical (unpaired) electrons. The molecule has 1 amide bonds. The van der Waals surface area contributed by atoms with Crippen LogP contribution in [0.15, 0.2) is 47.1 Å². The molecule has 1 saturated carbocycles. The minimum atomic E-state index is -0.565. The van der Waals surface area contributed by atoms with Gasteiger partial charge < -0.3 is 10.1 Å². The first kappa shape index (κ1) is 18.4. The first-order chi connectivity index (χ1) is 12.6. The van der Waals surface area contributed by atoms with E-state index in [2.05, 4.69) is 26.3 Å². The fourth-order valence-corrected chi connectivity index (χ4v) is 3.41. The zero-order chi connectivity index (χ0) is 18.4. The average Bonchev–Trinajstić information content (AvgIpc) is 3.29. The number of hydrogen-bond acceptors (Lipinski definition) is 4. The summed E-state index contributed by atoms with van der Waals surface area (Å²) in [6.07, 6.45) is 9.11. The lowest BCUT2D eigenvalue weighted by Gasteiger charge is -2.14. The van der Waals surface area contributed by atoms with E-state index in [4.69, 9.17) is 4.74 Å². The van der Waals surface area contributed by atoms with Gasteiger partial charge in [-0.05, 0) is 36.6 Å². The molecule has 0 bridgehead atoms. The Balaban J connectivity index is 1.48. The summed E-state index contributed by atoms with van der Waals surface area (Å²) in [6, 6.07) is 9.60. The number of nitrogens with one attached hydrogen (secondary N) is 1. The van der Waals surface area contributed by atoms with E-state index in [1.165, 1.54) is 18.9 Å². The van der Waals surface area contributed by atoms with Gasteiger partial charge in [0.25, 0.3) is 5.91 Å². The highest BCUT2D eigenvalue weighted by atomic mass is 79.9. The van der Waals surface area contributed by atoms with Crippen molar-refractivity contribution in [2.75, 3.05) is 11.9 Å². The van der Waals surface area contributed by atoms with Crippen LogP contribution in [-0.2, 0) is 14.3 Å². The molecule has 1 aliphatic rings. The Morgan fingerprint density at radius 2 is 2.12 bits per heavy atom. The topological polar surface area (TPSA) is 73.2 Å². The number of halogens is 1. The molecule has 1 aliphatic carbocycles. The van der Waals surface area contributed by atoms with Crippen LogP contribution in [0, 0.1) is 0 Å². The van der Waals surface area contributed by atoms with Gasteiger partial charge in [0.2, 0.25) is 0 Å².